The number of hydrogen-bond acceptors (Lipinski definition) is 2. The molecule has 2 heteroatoms. The standard InChI is InChI=1S/C14H28N2/c1-3-7-13-12-16(11-6-10-15-13)14(2)8-4-5-9-14/h13,15H,3-12H2,1-2H3. The third-order valence-electron chi connectivity index (χ3n) is 4.56. The van der Waals surface area contributed by atoms with E-state index < -0.39 is 0 Å². The summed E-state index contributed by atoms with van der Waals surface area (Å²) in [6.45, 7) is 8.60. The van der Waals surface area contributed by atoms with E-state index in [-0.39, 0.29) is 0 Å². The van der Waals surface area contributed by atoms with Crippen LogP contribution in [-0.2, 0) is 0 Å². The molecule has 1 atom stereocenters. The van der Waals surface area contributed by atoms with Gasteiger partial charge in [0, 0.05) is 18.1 Å². The van der Waals surface area contributed by atoms with E-state index in [2.05, 4.69) is 24.1 Å². The minimum absolute atomic E-state index is 0.526. The molecule has 2 rings (SSSR count). The quantitative estimate of drug-likeness (QED) is 0.793. The van der Waals surface area contributed by atoms with Crippen LogP contribution in [0.25, 0.3) is 0 Å². The zero-order valence-corrected chi connectivity index (χ0v) is 11.1. The Bertz CT molecular complexity index is 209. The Morgan fingerprint density at radius 3 is 2.69 bits per heavy atom. The van der Waals surface area contributed by atoms with Gasteiger partial charge in [-0.2, -0.15) is 0 Å². The molecule has 0 aromatic heterocycles. The van der Waals surface area contributed by atoms with Gasteiger partial charge in [0.25, 0.3) is 0 Å². The molecule has 0 radical (unpaired) electrons. The van der Waals surface area contributed by atoms with Crippen LogP contribution in [0.5, 0.6) is 0 Å². The van der Waals surface area contributed by atoms with Crippen molar-refractivity contribution in [2.45, 2.75) is 70.4 Å². The molecule has 1 saturated carbocycles. The first kappa shape index (κ1) is 12.4. The van der Waals surface area contributed by atoms with Crippen LogP contribution in [0.3, 0.4) is 0 Å². The van der Waals surface area contributed by atoms with Crippen molar-refractivity contribution < 1.29 is 0 Å². The van der Waals surface area contributed by atoms with E-state index in [9.17, 15) is 0 Å². The van der Waals surface area contributed by atoms with Crippen molar-refractivity contribution in [3.05, 3.63) is 0 Å². The summed E-state index contributed by atoms with van der Waals surface area (Å²) < 4.78 is 0. The van der Waals surface area contributed by atoms with Gasteiger partial charge in [-0.3, -0.25) is 4.90 Å². The van der Waals surface area contributed by atoms with Crippen LogP contribution >= 0.6 is 0 Å². The monoisotopic (exact) mass is 224 g/mol. The normalized spacial score (nSPS) is 31.5. The van der Waals surface area contributed by atoms with E-state index in [0.29, 0.717) is 5.54 Å². The molecule has 2 fully saturated rings. The van der Waals surface area contributed by atoms with Gasteiger partial charge in [-0.05, 0) is 45.7 Å². The molecule has 0 aromatic rings. The third-order valence-corrected chi connectivity index (χ3v) is 4.56. The lowest BCUT2D eigenvalue weighted by Gasteiger charge is -2.39. The van der Waals surface area contributed by atoms with Crippen molar-refractivity contribution in [3.63, 3.8) is 0 Å². The van der Waals surface area contributed by atoms with Crippen LogP contribution in [-0.4, -0.2) is 36.1 Å². The Morgan fingerprint density at radius 1 is 1.25 bits per heavy atom. The molecule has 16 heavy (non-hydrogen) atoms. The van der Waals surface area contributed by atoms with Gasteiger partial charge in [0.1, 0.15) is 0 Å². The zero-order chi connectivity index (χ0) is 11.4. The van der Waals surface area contributed by atoms with Crippen molar-refractivity contribution in [1.29, 1.82) is 0 Å². The van der Waals surface area contributed by atoms with Gasteiger partial charge in [-0.15, -0.1) is 0 Å². The molecular formula is C14H28N2. The number of hydrogen-bond donors (Lipinski definition) is 1. The van der Waals surface area contributed by atoms with Crippen molar-refractivity contribution in [3.8, 4) is 0 Å². The Hall–Kier alpha value is -0.0800. The molecule has 1 aliphatic heterocycles. The lowest BCUT2D eigenvalue weighted by atomic mass is 9.96. The molecule has 0 aromatic carbocycles. The number of rotatable bonds is 3. The van der Waals surface area contributed by atoms with E-state index in [1.54, 1.807) is 0 Å². The fourth-order valence-corrected chi connectivity index (χ4v) is 3.48. The second-order valence-electron chi connectivity index (χ2n) is 5.94. The van der Waals surface area contributed by atoms with Crippen molar-refractivity contribution in [2.75, 3.05) is 19.6 Å². The highest BCUT2D eigenvalue weighted by Crippen LogP contribution is 2.35. The molecule has 2 nitrogen and oxygen atoms in total. The second-order valence-corrected chi connectivity index (χ2v) is 5.94. The maximum absolute atomic E-state index is 3.71. The highest BCUT2D eigenvalue weighted by molar-refractivity contribution is 4.93. The fourth-order valence-electron chi connectivity index (χ4n) is 3.48. The predicted molar refractivity (Wildman–Crippen MR) is 69.8 cm³/mol. The van der Waals surface area contributed by atoms with Gasteiger partial charge >= 0.3 is 0 Å². The Balaban J connectivity index is 1.96. The topological polar surface area (TPSA) is 15.3 Å². The lowest BCUT2D eigenvalue weighted by Crippen LogP contribution is -2.48. The van der Waals surface area contributed by atoms with Gasteiger partial charge in [0.15, 0.2) is 0 Å². The van der Waals surface area contributed by atoms with Crippen LogP contribution in [0.1, 0.15) is 58.8 Å². The fraction of sp³-hybridized carbons (Fsp3) is 1.00. The summed E-state index contributed by atoms with van der Waals surface area (Å²) in [5.41, 5.74) is 0.526. The minimum Gasteiger partial charge on any atom is -0.313 e. The molecule has 1 unspecified atom stereocenters. The van der Waals surface area contributed by atoms with Gasteiger partial charge in [0.05, 0.1) is 0 Å². The second kappa shape index (κ2) is 5.50. The zero-order valence-electron chi connectivity index (χ0n) is 11.1. The summed E-state index contributed by atoms with van der Waals surface area (Å²) in [5, 5.41) is 3.71. The SMILES string of the molecule is CCCC1CN(C2(C)CCCC2)CCCN1. The third kappa shape index (κ3) is 2.78. The summed E-state index contributed by atoms with van der Waals surface area (Å²) in [6.07, 6.45) is 9.71. The van der Waals surface area contributed by atoms with Gasteiger partial charge in [0.2, 0.25) is 0 Å². The maximum Gasteiger partial charge on any atom is 0.0195 e. The molecule has 0 amide bonds. The molecule has 0 spiro atoms. The summed E-state index contributed by atoms with van der Waals surface area (Å²) in [6, 6.07) is 0.741. The smallest absolute Gasteiger partial charge is 0.0195 e. The molecule has 1 aliphatic carbocycles. The van der Waals surface area contributed by atoms with Gasteiger partial charge < -0.3 is 5.32 Å². The Labute approximate surface area is 101 Å². The molecule has 1 heterocycles. The first-order chi connectivity index (χ1) is 7.74. The Kier molecular flexibility index (Phi) is 4.26. The molecule has 94 valence electrons. The molecule has 2 aliphatic rings. The van der Waals surface area contributed by atoms with Crippen molar-refractivity contribution in [2.24, 2.45) is 0 Å². The summed E-state index contributed by atoms with van der Waals surface area (Å²) in [5.74, 6) is 0. The highest BCUT2D eigenvalue weighted by atomic mass is 15.2. The molecular weight excluding hydrogens is 196 g/mol. The van der Waals surface area contributed by atoms with Crippen LogP contribution in [0.2, 0.25) is 0 Å². The molecule has 1 N–H and O–H groups in total. The van der Waals surface area contributed by atoms with E-state index >= 15 is 0 Å². The maximum atomic E-state index is 3.71. The first-order valence-electron chi connectivity index (χ1n) is 7.23. The molecule has 0 bridgehead atoms. The largest absolute Gasteiger partial charge is 0.313 e. The predicted octanol–water partition coefficient (Wildman–Crippen LogP) is 2.78. The van der Waals surface area contributed by atoms with Crippen molar-refractivity contribution >= 4 is 0 Å². The average molecular weight is 224 g/mol. The van der Waals surface area contributed by atoms with Crippen LogP contribution in [0.4, 0.5) is 0 Å². The van der Waals surface area contributed by atoms with E-state index in [0.717, 1.165) is 6.04 Å². The summed E-state index contributed by atoms with van der Waals surface area (Å²) in [4.78, 5) is 2.79. The highest BCUT2D eigenvalue weighted by Gasteiger charge is 2.36. The average Bonchev–Trinajstić information content (AvgIpc) is 2.58. The summed E-state index contributed by atoms with van der Waals surface area (Å²) in [7, 11) is 0. The van der Waals surface area contributed by atoms with E-state index in [4.69, 9.17) is 0 Å². The van der Waals surface area contributed by atoms with Crippen LogP contribution in [0, 0.1) is 0 Å². The van der Waals surface area contributed by atoms with Crippen LogP contribution in [0.15, 0.2) is 0 Å². The van der Waals surface area contributed by atoms with Gasteiger partial charge in [-0.25, -0.2) is 0 Å². The summed E-state index contributed by atoms with van der Waals surface area (Å²) >= 11 is 0. The van der Waals surface area contributed by atoms with E-state index in [1.807, 2.05) is 0 Å². The van der Waals surface area contributed by atoms with Gasteiger partial charge in [-0.1, -0.05) is 26.2 Å². The van der Waals surface area contributed by atoms with Crippen LogP contribution < -0.4 is 5.32 Å². The Morgan fingerprint density at radius 2 is 2.00 bits per heavy atom. The lowest BCUT2D eigenvalue weighted by molar-refractivity contribution is 0.105. The number of nitrogens with one attached hydrogen (secondary N) is 1. The first-order valence-corrected chi connectivity index (χ1v) is 7.23. The minimum atomic E-state index is 0.526. The van der Waals surface area contributed by atoms with E-state index in [1.165, 1.54) is 64.6 Å². The molecule has 1 saturated heterocycles. The number of nitrogens with zero attached hydrogens (tertiary/aromatic N) is 1. The van der Waals surface area contributed by atoms with Crippen molar-refractivity contribution in [1.82, 2.24) is 10.2 Å².